The molecule has 16 heavy (non-hydrogen) atoms. The number of carbonyl (C=O) groups excluding carboxylic acids is 1. The van der Waals surface area contributed by atoms with Crippen molar-refractivity contribution in [2.75, 3.05) is 7.05 Å². The van der Waals surface area contributed by atoms with Crippen LogP contribution in [-0.2, 0) is 9.59 Å². The number of nitrogens with one attached hydrogen (secondary N) is 1. The van der Waals surface area contributed by atoms with Crippen molar-refractivity contribution in [1.82, 2.24) is 5.32 Å². The Morgan fingerprint density at radius 2 is 1.62 bits per heavy atom. The normalized spacial score (nSPS) is 12.7. The lowest BCUT2D eigenvalue weighted by Crippen LogP contribution is -2.42. The van der Waals surface area contributed by atoms with E-state index in [1.807, 2.05) is 13.8 Å². The minimum absolute atomic E-state index is 0.190. The van der Waals surface area contributed by atoms with E-state index in [1.165, 1.54) is 0 Å². The van der Waals surface area contributed by atoms with Gasteiger partial charge in [-0.2, -0.15) is 13.2 Å². The van der Waals surface area contributed by atoms with Gasteiger partial charge in [0.1, 0.15) is 0 Å². The average molecular weight is 244 g/mol. The van der Waals surface area contributed by atoms with E-state index in [9.17, 15) is 18.0 Å². The van der Waals surface area contributed by atoms with Crippen LogP contribution in [0.1, 0.15) is 13.8 Å². The number of halogens is 3. The minimum Gasteiger partial charge on any atom is -0.475 e. The van der Waals surface area contributed by atoms with Crippen LogP contribution in [0.15, 0.2) is 0 Å². The number of primary amides is 1. The molecule has 0 heterocycles. The Bertz CT molecular complexity index is 241. The Morgan fingerprint density at radius 1 is 1.31 bits per heavy atom. The first-order valence-electron chi connectivity index (χ1n) is 4.30. The van der Waals surface area contributed by atoms with Crippen LogP contribution in [0.2, 0.25) is 0 Å². The maximum absolute atomic E-state index is 10.6. The number of carboxylic acids is 1. The van der Waals surface area contributed by atoms with Gasteiger partial charge in [-0.25, -0.2) is 4.79 Å². The van der Waals surface area contributed by atoms with Crippen molar-refractivity contribution >= 4 is 11.9 Å². The molecule has 0 aromatic rings. The molecular formula is C8H15F3N2O3. The van der Waals surface area contributed by atoms with Crippen molar-refractivity contribution in [3.8, 4) is 0 Å². The van der Waals surface area contributed by atoms with Gasteiger partial charge in [0.25, 0.3) is 0 Å². The molecule has 0 aromatic carbocycles. The quantitative estimate of drug-likeness (QED) is 0.667. The second-order valence-electron chi connectivity index (χ2n) is 3.22. The number of carbonyl (C=O) groups is 2. The molecule has 96 valence electrons. The van der Waals surface area contributed by atoms with Crippen LogP contribution in [0.4, 0.5) is 13.2 Å². The number of hydrogen-bond donors (Lipinski definition) is 3. The van der Waals surface area contributed by atoms with E-state index in [0.717, 1.165) is 0 Å². The van der Waals surface area contributed by atoms with Crippen LogP contribution in [0.3, 0.4) is 0 Å². The van der Waals surface area contributed by atoms with Crippen LogP contribution in [0.25, 0.3) is 0 Å². The maximum atomic E-state index is 10.6. The van der Waals surface area contributed by atoms with Crippen LogP contribution in [-0.4, -0.2) is 36.2 Å². The largest absolute Gasteiger partial charge is 0.490 e. The third-order valence-corrected chi connectivity index (χ3v) is 1.53. The third-order valence-electron chi connectivity index (χ3n) is 1.53. The monoisotopic (exact) mass is 244 g/mol. The van der Waals surface area contributed by atoms with Gasteiger partial charge in [-0.3, -0.25) is 4.79 Å². The van der Waals surface area contributed by atoms with E-state index in [0.29, 0.717) is 0 Å². The summed E-state index contributed by atoms with van der Waals surface area (Å²) >= 11 is 0. The highest BCUT2D eigenvalue weighted by Gasteiger charge is 2.38. The molecule has 5 nitrogen and oxygen atoms in total. The second-order valence-corrected chi connectivity index (χ2v) is 3.22. The first-order chi connectivity index (χ1) is 7.03. The van der Waals surface area contributed by atoms with Gasteiger partial charge in [-0.15, -0.1) is 0 Å². The standard InChI is InChI=1S/C6H14N2O.C2HF3O2/c1-4(2)5(8-3)6(7)9;3-2(4,5)1(6)7/h4-5,8H,1-3H3,(H2,7,9);(H,6,7). The molecular weight excluding hydrogens is 229 g/mol. The summed E-state index contributed by atoms with van der Waals surface area (Å²) in [6.07, 6.45) is -5.08. The van der Waals surface area contributed by atoms with E-state index < -0.39 is 12.1 Å². The zero-order valence-corrected chi connectivity index (χ0v) is 9.13. The average Bonchev–Trinajstić information content (AvgIpc) is 2.02. The van der Waals surface area contributed by atoms with Crippen LogP contribution in [0.5, 0.6) is 0 Å². The lowest BCUT2D eigenvalue weighted by molar-refractivity contribution is -0.192. The van der Waals surface area contributed by atoms with E-state index in [4.69, 9.17) is 15.6 Å². The molecule has 0 saturated heterocycles. The van der Waals surface area contributed by atoms with E-state index in [1.54, 1.807) is 7.05 Å². The molecule has 1 atom stereocenters. The molecule has 0 aliphatic rings. The van der Waals surface area contributed by atoms with Crippen molar-refractivity contribution in [1.29, 1.82) is 0 Å². The zero-order chi connectivity index (χ0) is 13.5. The van der Waals surface area contributed by atoms with Gasteiger partial charge in [-0.05, 0) is 13.0 Å². The molecule has 0 saturated carbocycles. The Hall–Kier alpha value is -1.31. The fourth-order valence-electron chi connectivity index (χ4n) is 0.804. The fourth-order valence-corrected chi connectivity index (χ4v) is 0.804. The minimum atomic E-state index is -5.08. The number of rotatable bonds is 3. The van der Waals surface area contributed by atoms with Crippen molar-refractivity contribution in [2.24, 2.45) is 11.7 Å². The van der Waals surface area contributed by atoms with Gasteiger partial charge in [-0.1, -0.05) is 13.8 Å². The zero-order valence-electron chi connectivity index (χ0n) is 9.13. The van der Waals surface area contributed by atoms with Crippen LogP contribution < -0.4 is 11.1 Å². The summed E-state index contributed by atoms with van der Waals surface area (Å²) in [5, 5.41) is 9.95. The first-order valence-corrected chi connectivity index (χ1v) is 4.30. The Labute approximate surface area is 90.8 Å². The molecule has 0 rings (SSSR count). The van der Waals surface area contributed by atoms with Gasteiger partial charge in [0.2, 0.25) is 5.91 Å². The number of carboxylic acid groups (broad SMARTS) is 1. The number of amides is 1. The number of alkyl halides is 3. The summed E-state index contributed by atoms with van der Waals surface area (Å²) in [5.41, 5.74) is 5.05. The number of aliphatic carboxylic acids is 1. The van der Waals surface area contributed by atoms with Gasteiger partial charge < -0.3 is 16.2 Å². The molecule has 0 aliphatic carbocycles. The number of hydrogen-bond acceptors (Lipinski definition) is 3. The smallest absolute Gasteiger partial charge is 0.475 e. The second kappa shape index (κ2) is 7.04. The molecule has 1 amide bonds. The highest BCUT2D eigenvalue weighted by atomic mass is 19.4. The number of likely N-dealkylation sites (N-methyl/N-ethyl adjacent to an activating group) is 1. The van der Waals surface area contributed by atoms with Crippen molar-refractivity contribution in [3.63, 3.8) is 0 Å². The molecule has 8 heteroatoms. The Morgan fingerprint density at radius 3 is 1.62 bits per heavy atom. The fraction of sp³-hybridized carbons (Fsp3) is 0.750. The summed E-state index contributed by atoms with van der Waals surface area (Å²) in [6, 6.07) is -0.190. The molecule has 0 bridgehead atoms. The molecule has 1 unspecified atom stereocenters. The highest BCUT2D eigenvalue weighted by Crippen LogP contribution is 2.13. The molecule has 4 N–H and O–H groups in total. The first kappa shape index (κ1) is 17.1. The topological polar surface area (TPSA) is 92.4 Å². The molecule has 0 aliphatic heterocycles. The van der Waals surface area contributed by atoms with Gasteiger partial charge in [0, 0.05) is 0 Å². The predicted octanol–water partition coefficient (Wildman–Crippen LogP) is 0.349. The maximum Gasteiger partial charge on any atom is 0.490 e. The summed E-state index contributed by atoms with van der Waals surface area (Å²) in [4.78, 5) is 19.4. The summed E-state index contributed by atoms with van der Waals surface area (Å²) in [6.45, 7) is 3.90. The summed E-state index contributed by atoms with van der Waals surface area (Å²) < 4.78 is 31.7. The van der Waals surface area contributed by atoms with Gasteiger partial charge >= 0.3 is 12.1 Å². The predicted molar refractivity (Wildman–Crippen MR) is 50.6 cm³/mol. The highest BCUT2D eigenvalue weighted by molar-refractivity contribution is 5.80. The summed E-state index contributed by atoms with van der Waals surface area (Å²) in [7, 11) is 1.73. The molecule has 0 spiro atoms. The van der Waals surface area contributed by atoms with E-state index >= 15 is 0 Å². The van der Waals surface area contributed by atoms with Crippen molar-refractivity contribution in [2.45, 2.75) is 26.1 Å². The van der Waals surface area contributed by atoms with Crippen LogP contribution in [0, 0.1) is 5.92 Å². The SMILES string of the molecule is CNC(C(N)=O)C(C)C.O=C(O)C(F)(F)F. The molecule has 0 radical (unpaired) electrons. The van der Waals surface area contributed by atoms with Crippen LogP contribution >= 0.6 is 0 Å². The number of nitrogens with two attached hydrogens (primary N) is 1. The lowest BCUT2D eigenvalue weighted by Gasteiger charge is -2.14. The summed E-state index contributed by atoms with van der Waals surface area (Å²) in [5.74, 6) is -2.77. The van der Waals surface area contributed by atoms with Gasteiger partial charge in [0.15, 0.2) is 0 Å². The molecule has 0 aromatic heterocycles. The third kappa shape index (κ3) is 8.04. The Kier molecular flexibility index (Phi) is 7.53. The van der Waals surface area contributed by atoms with Gasteiger partial charge in [0.05, 0.1) is 6.04 Å². The molecule has 0 fully saturated rings. The van der Waals surface area contributed by atoms with Crippen molar-refractivity contribution < 1.29 is 27.9 Å². The Balaban J connectivity index is 0. The van der Waals surface area contributed by atoms with E-state index in [2.05, 4.69) is 5.32 Å². The van der Waals surface area contributed by atoms with E-state index in [-0.39, 0.29) is 17.9 Å². The lowest BCUT2D eigenvalue weighted by atomic mass is 10.0. The van der Waals surface area contributed by atoms with Crippen molar-refractivity contribution in [3.05, 3.63) is 0 Å².